The largest absolute Gasteiger partial charge is 0.382 e. The van der Waals surface area contributed by atoms with Gasteiger partial charge in [-0.3, -0.25) is 5.10 Å². The quantitative estimate of drug-likeness (QED) is 0.826. The molecule has 0 radical (unpaired) electrons. The van der Waals surface area contributed by atoms with Crippen LogP contribution >= 0.6 is 0 Å². The Labute approximate surface area is 95.7 Å². The van der Waals surface area contributed by atoms with Crippen molar-refractivity contribution >= 4 is 5.82 Å². The highest BCUT2D eigenvalue weighted by molar-refractivity contribution is 5.40. The van der Waals surface area contributed by atoms with Gasteiger partial charge in [0.25, 0.3) is 0 Å². The van der Waals surface area contributed by atoms with E-state index in [-0.39, 0.29) is 0 Å². The van der Waals surface area contributed by atoms with Crippen LogP contribution in [0.5, 0.6) is 0 Å². The number of aryl methyl sites for hydroxylation is 3. The first kappa shape index (κ1) is 10.7. The third-order valence-corrected chi connectivity index (χ3v) is 2.89. The third kappa shape index (κ3) is 2.24. The molecule has 0 spiro atoms. The van der Waals surface area contributed by atoms with Gasteiger partial charge in [-0.25, -0.2) is 0 Å². The van der Waals surface area contributed by atoms with E-state index in [0.717, 1.165) is 24.1 Å². The van der Waals surface area contributed by atoms with Crippen molar-refractivity contribution in [2.45, 2.75) is 26.7 Å². The Morgan fingerprint density at radius 1 is 1.25 bits per heavy atom. The van der Waals surface area contributed by atoms with Gasteiger partial charge in [-0.15, -0.1) is 0 Å². The maximum Gasteiger partial charge on any atom is 0.148 e. The van der Waals surface area contributed by atoms with Gasteiger partial charge in [-0.05, 0) is 32.3 Å². The fraction of sp³-hybridized carbons (Fsp3) is 0.308. The Morgan fingerprint density at radius 2 is 2.06 bits per heavy atom. The van der Waals surface area contributed by atoms with Crippen molar-refractivity contribution in [3.63, 3.8) is 0 Å². The molecule has 1 aromatic heterocycles. The molecule has 2 rings (SSSR count). The number of rotatable bonds is 3. The van der Waals surface area contributed by atoms with Crippen LogP contribution in [0, 0.1) is 13.8 Å². The number of hydrogen-bond acceptors (Lipinski definition) is 2. The maximum atomic E-state index is 5.69. The molecule has 0 unspecified atom stereocenters. The third-order valence-electron chi connectivity index (χ3n) is 2.89. The van der Waals surface area contributed by atoms with E-state index in [1.165, 1.54) is 11.1 Å². The van der Waals surface area contributed by atoms with Crippen molar-refractivity contribution in [3.05, 3.63) is 46.6 Å². The molecule has 3 N–H and O–H groups in total. The summed E-state index contributed by atoms with van der Waals surface area (Å²) in [6, 6.07) is 8.58. The standard InChI is InChI=1S/C13H17N3/c1-9-4-3-5-11(8-9)6-7-12-10(2)13(14)16-15-12/h3-5,8H,6-7H2,1-2H3,(H3,14,15,16). The molecule has 16 heavy (non-hydrogen) atoms. The summed E-state index contributed by atoms with van der Waals surface area (Å²) in [7, 11) is 0. The number of hydrogen-bond donors (Lipinski definition) is 2. The van der Waals surface area contributed by atoms with Crippen molar-refractivity contribution in [3.8, 4) is 0 Å². The monoisotopic (exact) mass is 215 g/mol. The summed E-state index contributed by atoms with van der Waals surface area (Å²) < 4.78 is 0. The summed E-state index contributed by atoms with van der Waals surface area (Å²) in [5.74, 6) is 0.610. The summed E-state index contributed by atoms with van der Waals surface area (Å²) >= 11 is 0. The lowest BCUT2D eigenvalue weighted by molar-refractivity contribution is 0.886. The molecule has 0 aliphatic heterocycles. The number of anilines is 1. The van der Waals surface area contributed by atoms with E-state index in [1.54, 1.807) is 0 Å². The van der Waals surface area contributed by atoms with E-state index in [2.05, 4.69) is 41.4 Å². The predicted molar refractivity (Wildman–Crippen MR) is 66.3 cm³/mol. The van der Waals surface area contributed by atoms with Crippen LogP contribution in [0.25, 0.3) is 0 Å². The molecule has 84 valence electrons. The number of aromatic nitrogens is 2. The van der Waals surface area contributed by atoms with Crippen LogP contribution in [-0.2, 0) is 12.8 Å². The van der Waals surface area contributed by atoms with Gasteiger partial charge in [0.1, 0.15) is 5.82 Å². The molecule has 0 saturated heterocycles. The Bertz CT molecular complexity index is 486. The molecule has 0 bridgehead atoms. The molecule has 0 fully saturated rings. The molecular weight excluding hydrogens is 198 g/mol. The van der Waals surface area contributed by atoms with Crippen LogP contribution < -0.4 is 5.73 Å². The second-order valence-electron chi connectivity index (χ2n) is 4.20. The topological polar surface area (TPSA) is 54.7 Å². The van der Waals surface area contributed by atoms with Gasteiger partial charge < -0.3 is 5.73 Å². The lowest BCUT2D eigenvalue weighted by Gasteiger charge is -2.02. The van der Waals surface area contributed by atoms with Gasteiger partial charge in [0, 0.05) is 11.3 Å². The first-order valence-electron chi connectivity index (χ1n) is 5.51. The minimum absolute atomic E-state index is 0.610. The molecular formula is C13H17N3. The fourth-order valence-corrected chi connectivity index (χ4v) is 1.83. The maximum absolute atomic E-state index is 5.69. The first-order chi connectivity index (χ1) is 7.66. The van der Waals surface area contributed by atoms with Crippen LogP contribution in [0.2, 0.25) is 0 Å². The van der Waals surface area contributed by atoms with Crippen molar-refractivity contribution in [1.29, 1.82) is 0 Å². The number of H-pyrrole nitrogens is 1. The minimum Gasteiger partial charge on any atom is -0.382 e. The number of aromatic amines is 1. The molecule has 3 nitrogen and oxygen atoms in total. The van der Waals surface area contributed by atoms with Gasteiger partial charge in [0.2, 0.25) is 0 Å². The van der Waals surface area contributed by atoms with E-state index >= 15 is 0 Å². The smallest absolute Gasteiger partial charge is 0.148 e. The molecule has 1 heterocycles. The van der Waals surface area contributed by atoms with E-state index in [4.69, 9.17) is 5.73 Å². The van der Waals surface area contributed by atoms with E-state index in [9.17, 15) is 0 Å². The van der Waals surface area contributed by atoms with Crippen molar-refractivity contribution in [1.82, 2.24) is 10.2 Å². The van der Waals surface area contributed by atoms with Gasteiger partial charge >= 0.3 is 0 Å². The summed E-state index contributed by atoms with van der Waals surface area (Å²) in [4.78, 5) is 0. The minimum atomic E-state index is 0.610. The van der Waals surface area contributed by atoms with Crippen LogP contribution in [0.1, 0.15) is 22.4 Å². The number of benzene rings is 1. The molecule has 1 aromatic carbocycles. The van der Waals surface area contributed by atoms with Crippen LogP contribution in [0.4, 0.5) is 5.82 Å². The average Bonchev–Trinajstić information content (AvgIpc) is 2.57. The molecule has 0 amide bonds. The Hall–Kier alpha value is -1.77. The lowest BCUT2D eigenvalue weighted by atomic mass is 10.0. The highest BCUT2D eigenvalue weighted by atomic mass is 15.2. The van der Waals surface area contributed by atoms with Crippen molar-refractivity contribution < 1.29 is 0 Å². The Kier molecular flexibility index (Phi) is 2.95. The second kappa shape index (κ2) is 4.39. The van der Waals surface area contributed by atoms with Crippen molar-refractivity contribution in [2.24, 2.45) is 0 Å². The molecule has 2 aromatic rings. The molecule has 0 aliphatic carbocycles. The van der Waals surface area contributed by atoms with E-state index in [0.29, 0.717) is 5.82 Å². The SMILES string of the molecule is Cc1cccc(CCc2[nH]nc(N)c2C)c1. The molecule has 0 aliphatic rings. The average molecular weight is 215 g/mol. The van der Waals surface area contributed by atoms with Crippen LogP contribution in [0.15, 0.2) is 24.3 Å². The number of nitrogens with one attached hydrogen (secondary N) is 1. The van der Waals surface area contributed by atoms with E-state index < -0.39 is 0 Å². The molecule has 0 saturated carbocycles. The molecule has 0 atom stereocenters. The van der Waals surface area contributed by atoms with Crippen molar-refractivity contribution in [2.75, 3.05) is 5.73 Å². The fourth-order valence-electron chi connectivity index (χ4n) is 1.83. The first-order valence-corrected chi connectivity index (χ1v) is 5.51. The predicted octanol–water partition coefficient (Wildman–Crippen LogP) is 2.39. The number of nitrogens with two attached hydrogens (primary N) is 1. The lowest BCUT2D eigenvalue weighted by Crippen LogP contribution is -1.94. The molecule has 3 heteroatoms. The van der Waals surface area contributed by atoms with E-state index in [1.807, 2.05) is 6.92 Å². The summed E-state index contributed by atoms with van der Waals surface area (Å²) in [6.07, 6.45) is 1.98. The number of nitrogens with zero attached hydrogens (tertiary/aromatic N) is 1. The summed E-state index contributed by atoms with van der Waals surface area (Å²) in [5.41, 5.74) is 10.6. The highest BCUT2D eigenvalue weighted by Gasteiger charge is 2.05. The zero-order valence-electron chi connectivity index (χ0n) is 9.75. The second-order valence-corrected chi connectivity index (χ2v) is 4.20. The van der Waals surface area contributed by atoms with Gasteiger partial charge in [0.15, 0.2) is 0 Å². The number of nitrogen functional groups attached to an aromatic ring is 1. The normalized spacial score (nSPS) is 10.6. The zero-order valence-corrected chi connectivity index (χ0v) is 9.75. The van der Waals surface area contributed by atoms with Gasteiger partial charge in [0.05, 0.1) is 0 Å². The Morgan fingerprint density at radius 3 is 2.69 bits per heavy atom. The highest BCUT2D eigenvalue weighted by Crippen LogP contribution is 2.14. The summed E-state index contributed by atoms with van der Waals surface area (Å²) in [5, 5.41) is 6.98. The van der Waals surface area contributed by atoms with Gasteiger partial charge in [-0.1, -0.05) is 29.8 Å². The summed E-state index contributed by atoms with van der Waals surface area (Å²) in [6.45, 7) is 4.12. The van der Waals surface area contributed by atoms with Crippen LogP contribution in [-0.4, -0.2) is 10.2 Å². The Balaban J connectivity index is 2.05. The van der Waals surface area contributed by atoms with Gasteiger partial charge in [-0.2, -0.15) is 5.10 Å². The zero-order chi connectivity index (χ0) is 11.5. The van der Waals surface area contributed by atoms with Crippen LogP contribution in [0.3, 0.4) is 0 Å².